The standard InChI is InChI=1S/C8H10N2/c1-10-8-6-4-2-3-5-7(8)9/h2-6H,1H3,(H2,9,10). The Morgan fingerprint density at radius 3 is 2.60 bits per heavy atom. The average Bonchev–Trinajstić information content (AvgIpc) is 2.13. The Kier molecular flexibility index (Phi) is 2.05. The van der Waals surface area contributed by atoms with E-state index in [4.69, 9.17) is 5.73 Å². The molecule has 0 spiro atoms. The first-order chi connectivity index (χ1) is 4.84. The van der Waals surface area contributed by atoms with Gasteiger partial charge in [0.05, 0.1) is 11.0 Å². The summed E-state index contributed by atoms with van der Waals surface area (Å²) in [5.74, 6) is 0. The van der Waals surface area contributed by atoms with Gasteiger partial charge in [0.2, 0.25) is 0 Å². The highest BCUT2D eigenvalue weighted by atomic mass is 14.7. The molecule has 52 valence electrons. The molecule has 0 aliphatic heterocycles. The van der Waals surface area contributed by atoms with Gasteiger partial charge in [0.1, 0.15) is 0 Å². The smallest absolute Gasteiger partial charge is 0.0800 e. The van der Waals surface area contributed by atoms with Crippen molar-refractivity contribution >= 4 is 5.69 Å². The highest BCUT2D eigenvalue weighted by Gasteiger charge is 1.81. The van der Waals surface area contributed by atoms with Crippen molar-refractivity contribution in [2.45, 2.75) is 0 Å². The van der Waals surface area contributed by atoms with Crippen LogP contribution in [0.4, 0.5) is 5.69 Å². The minimum Gasteiger partial charge on any atom is -0.397 e. The number of nitrogens with two attached hydrogens (primary N) is 1. The van der Waals surface area contributed by atoms with Gasteiger partial charge < -0.3 is 5.73 Å². The summed E-state index contributed by atoms with van der Waals surface area (Å²) in [6.07, 6.45) is 0. The third-order valence-electron chi connectivity index (χ3n) is 1.29. The quantitative estimate of drug-likeness (QED) is 0.560. The Labute approximate surface area is 60.0 Å². The molecule has 2 nitrogen and oxygen atoms in total. The maximum Gasteiger partial charge on any atom is 0.0800 e. The Balaban J connectivity index is 3.44. The molecule has 0 fully saturated rings. The largest absolute Gasteiger partial charge is 0.397 e. The number of nitrogen functional groups attached to an aromatic ring is 1. The monoisotopic (exact) mass is 134 g/mol. The molecule has 10 heavy (non-hydrogen) atoms. The molecule has 0 amide bonds. The highest BCUT2D eigenvalue weighted by Crippen LogP contribution is 1.88. The zero-order valence-corrected chi connectivity index (χ0v) is 5.91. The number of nitrogens with zero attached hydrogens (tertiary/aromatic N) is 1. The SMILES string of the molecule is CN=c1cccccc1N. The summed E-state index contributed by atoms with van der Waals surface area (Å²) in [4.78, 5) is 3.99. The van der Waals surface area contributed by atoms with E-state index < -0.39 is 0 Å². The minimum atomic E-state index is 0.715. The first kappa shape index (κ1) is 6.81. The van der Waals surface area contributed by atoms with Gasteiger partial charge in [-0.15, -0.1) is 0 Å². The molecule has 0 bridgehead atoms. The van der Waals surface area contributed by atoms with Crippen molar-refractivity contribution in [3.05, 3.63) is 35.7 Å². The van der Waals surface area contributed by atoms with Crippen molar-refractivity contribution in [1.82, 2.24) is 0 Å². The van der Waals surface area contributed by atoms with Gasteiger partial charge in [0.25, 0.3) is 0 Å². The third kappa shape index (κ3) is 1.35. The van der Waals surface area contributed by atoms with E-state index in [2.05, 4.69) is 4.99 Å². The molecule has 0 atom stereocenters. The summed E-state index contributed by atoms with van der Waals surface area (Å²) in [6, 6.07) is 9.45. The Bertz CT molecular complexity index is 278. The topological polar surface area (TPSA) is 38.4 Å². The zero-order chi connectivity index (χ0) is 7.40. The van der Waals surface area contributed by atoms with Crippen LogP contribution in [0, 0.1) is 0 Å². The van der Waals surface area contributed by atoms with Crippen LogP contribution in [0.3, 0.4) is 0 Å². The van der Waals surface area contributed by atoms with E-state index in [1.807, 2.05) is 30.3 Å². The van der Waals surface area contributed by atoms with E-state index in [9.17, 15) is 0 Å². The van der Waals surface area contributed by atoms with Gasteiger partial charge in [0, 0.05) is 7.05 Å². The molecule has 0 aromatic heterocycles. The fraction of sp³-hybridized carbons (Fsp3) is 0.125. The Hall–Kier alpha value is -1.31. The molecule has 1 rings (SSSR count). The van der Waals surface area contributed by atoms with E-state index in [0.717, 1.165) is 5.36 Å². The van der Waals surface area contributed by atoms with Crippen molar-refractivity contribution in [3.8, 4) is 0 Å². The van der Waals surface area contributed by atoms with E-state index in [0.29, 0.717) is 5.69 Å². The minimum absolute atomic E-state index is 0.715. The summed E-state index contributed by atoms with van der Waals surface area (Å²) < 4.78 is 0. The van der Waals surface area contributed by atoms with Crippen molar-refractivity contribution in [1.29, 1.82) is 0 Å². The Morgan fingerprint density at radius 2 is 1.90 bits per heavy atom. The van der Waals surface area contributed by atoms with E-state index in [1.165, 1.54) is 0 Å². The van der Waals surface area contributed by atoms with Crippen LogP contribution in [0.2, 0.25) is 0 Å². The normalized spacial score (nSPS) is 11.5. The molecular weight excluding hydrogens is 124 g/mol. The first-order valence-electron chi connectivity index (χ1n) is 3.12. The molecule has 0 aliphatic rings. The molecular formula is C8H10N2. The van der Waals surface area contributed by atoms with Crippen LogP contribution in [0.25, 0.3) is 0 Å². The molecule has 2 N–H and O–H groups in total. The van der Waals surface area contributed by atoms with Crippen LogP contribution in [0.15, 0.2) is 35.3 Å². The van der Waals surface area contributed by atoms with Gasteiger partial charge in [-0.1, -0.05) is 18.2 Å². The molecule has 1 aromatic rings. The van der Waals surface area contributed by atoms with Crippen molar-refractivity contribution in [2.24, 2.45) is 4.99 Å². The van der Waals surface area contributed by atoms with E-state index in [-0.39, 0.29) is 0 Å². The lowest BCUT2D eigenvalue weighted by molar-refractivity contribution is 1.29. The highest BCUT2D eigenvalue weighted by molar-refractivity contribution is 5.34. The van der Waals surface area contributed by atoms with Crippen molar-refractivity contribution in [2.75, 3.05) is 12.8 Å². The first-order valence-corrected chi connectivity index (χ1v) is 3.12. The summed E-state index contributed by atoms with van der Waals surface area (Å²) >= 11 is 0. The third-order valence-corrected chi connectivity index (χ3v) is 1.29. The predicted molar refractivity (Wildman–Crippen MR) is 42.3 cm³/mol. The van der Waals surface area contributed by atoms with Crippen molar-refractivity contribution < 1.29 is 0 Å². The number of hydrogen-bond acceptors (Lipinski definition) is 2. The lowest BCUT2D eigenvalue weighted by atomic mass is 10.4. The van der Waals surface area contributed by atoms with Gasteiger partial charge in [-0.2, -0.15) is 0 Å². The van der Waals surface area contributed by atoms with Gasteiger partial charge in [0.15, 0.2) is 0 Å². The predicted octanol–water partition coefficient (Wildman–Crippen LogP) is 0.799. The second kappa shape index (κ2) is 3.01. The van der Waals surface area contributed by atoms with Gasteiger partial charge in [-0.25, -0.2) is 0 Å². The average molecular weight is 134 g/mol. The summed E-state index contributed by atoms with van der Waals surface area (Å²) in [6.45, 7) is 0. The van der Waals surface area contributed by atoms with Crippen molar-refractivity contribution in [3.63, 3.8) is 0 Å². The van der Waals surface area contributed by atoms with Crippen LogP contribution >= 0.6 is 0 Å². The fourth-order valence-corrected chi connectivity index (χ4v) is 0.755. The number of anilines is 1. The van der Waals surface area contributed by atoms with Crippen LogP contribution in [-0.2, 0) is 0 Å². The summed E-state index contributed by atoms with van der Waals surface area (Å²) in [5, 5.41) is 0.838. The van der Waals surface area contributed by atoms with E-state index in [1.54, 1.807) is 7.05 Å². The molecule has 0 saturated heterocycles. The van der Waals surface area contributed by atoms with Crippen LogP contribution in [-0.4, -0.2) is 7.05 Å². The molecule has 1 aromatic carbocycles. The zero-order valence-electron chi connectivity index (χ0n) is 5.91. The maximum absolute atomic E-state index is 5.62. The van der Waals surface area contributed by atoms with Crippen LogP contribution < -0.4 is 11.1 Å². The summed E-state index contributed by atoms with van der Waals surface area (Å²) in [5.41, 5.74) is 6.33. The van der Waals surface area contributed by atoms with Gasteiger partial charge in [-0.05, 0) is 12.1 Å². The maximum atomic E-state index is 5.62. The fourth-order valence-electron chi connectivity index (χ4n) is 0.755. The van der Waals surface area contributed by atoms with Crippen LogP contribution in [0.5, 0.6) is 0 Å². The molecule has 0 radical (unpaired) electrons. The molecule has 0 heterocycles. The molecule has 0 unspecified atom stereocenters. The second-order valence-electron chi connectivity index (χ2n) is 1.97. The molecule has 2 heteroatoms. The number of hydrogen-bond donors (Lipinski definition) is 1. The molecule has 0 aliphatic carbocycles. The van der Waals surface area contributed by atoms with Crippen LogP contribution in [0.1, 0.15) is 0 Å². The lowest BCUT2D eigenvalue weighted by Gasteiger charge is -1.83. The molecule has 0 saturated carbocycles. The van der Waals surface area contributed by atoms with E-state index >= 15 is 0 Å². The van der Waals surface area contributed by atoms with Gasteiger partial charge >= 0.3 is 0 Å². The number of rotatable bonds is 0. The second-order valence-corrected chi connectivity index (χ2v) is 1.97. The summed E-state index contributed by atoms with van der Waals surface area (Å²) in [7, 11) is 1.73. The lowest BCUT2D eigenvalue weighted by Crippen LogP contribution is -2.04. The van der Waals surface area contributed by atoms with Gasteiger partial charge in [-0.3, -0.25) is 4.99 Å². The Morgan fingerprint density at radius 1 is 1.20 bits per heavy atom.